The molecule has 0 heterocycles. The van der Waals surface area contributed by atoms with Crippen LogP contribution in [0.4, 0.5) is 0 Å². The second-order valence-electron chi connectivity index (χ2n) is 10.6. The van der Waals surface area contributed by atoms with Crippen molar-refractivity contribution >= 4 is 29.0 Å². The third-order valence-electron chi connectivity index (χ3n) is 8.74. The molecule has 2 saturated carbocycles. The molecule has 1 aromatic rings. The predicted octanol–water partition coefficient (Wildman–Crippen LogP) is 1.26. The zero-order valence-electron chi connectivity index (χ0n) is 20.2. The van der Waals surface area contributed by atoms with Gasteiger partial charge in [-0.1, -0.05) is 25.8 Å². The third-order valence-corrected chi connectivity index (χ3v) is 8.74. The van der Waals surface area contributed by atoms with Crippen molar-refractivity contribution in [2.75, 3.05) is 0 Å². The van der Waals surface area contributed by atoms with Gasteiger partial charge in [0, 0.05) is 36.2 Å². The molecule has 0 bridgehead atoms. The summed E-state index contributed by atoms with van der Waals surface area (Å²) in [7, 11) is 0. The highest BCUT2D eigenvalue weighted by Gasteiger charge is 2.65. The van der Waals surface area contributed by atoms with E-state index in [1.807, 2.05) is 0 Å². The van der Waals surface area contributed by atoms with E-state index < -0.39 is 76.0 Å². The largest absolute Gasteiger partial charge is 0.508 e. The number of carbonyl (C=O) groups excluding carboxylic acids is 4. The minimum atomic E-state index is -2.87. The van der Waals surface area contributed by atoms with Gasteiger partial charge in [0.25, 0.3) is 5.91 Å². The fourth-order valence-corrected chi connectivity index (χ4v) is 6.90. The Balaban J connectivity index is 1.68. The number of aliphatic hydroxyl groups excluding tert-OH is 3. The normalized spacial score (nSPS) is 31.8. The van der Waals surface area contributed by atoms with Crippen molar-refractivity contribution in [3.63, 3.8) is 0 Å². The Morgan fingerprint density at radius 1 is 1.11 bits per heavy atom. The molecule has 0 saturated heterocycles. The summed E-state index contributed by atoms with van der Waals surface area (Å²) in [6, 6.07) is 2.89. The molecule has 0 aliphatic heterocycles. The van der Waals surface area contributed by atoms with Crippen LogP contribution in [-0.2, 0) is 25.6 Å². The Labute approximate surface area is 212 Å². The van der Waals surface area contributed by atoms with Crippen LogP contribution >= 0.6 is 0 Å². The fraction of sp³-hybridized carbons (Fsp3) is 0.481. The van der Waals surface area contributed by atoms with Gasteiger partial charge in [-0.25, -0.2) is 0 Å². The minimum Gasteiger partial charge on any atom is -0.508 e. The van der Waals surface area contributed by atoms with Crippen LogP contribution in [0.15, 0.2) is 29.0 Å². The van der Waals surface area contributed by atoms with Crippen LogP contribution < -0.4 is 5.73 Å². The van der Waals surface area contributed by atoms with Gasteiger partial charge in [-0.2, -0.15) is 0 Å². The molecule has 10 nitrogen and oxygen atoms in total. The first-order valence-corrected chi connectivity index (χ1v) is 12.4. The van der Waals surface area contributed by atoms with Gasteiger partial charge in [0.2, 0.25) is 5.78 Å². The summed E-state index contributed by atoms with van der Waals surface area (Å²) in [5.74, 6) is -9.17. The molecule has 4 aliphatic carbocycles. The highest BCUT2D eigenvalue weighted by atomic mass is 16.4. The van der Waals surface area contributed by atoms with Crippen LogP contribution in [0.3, 0.4) is 0 Å². The summed E-state index contributed by atoms with van der Waals surface area (Å²) in [4.78, 5) is 51.0. The van der Waals surface area contributed by atoms with Gasteiger partial charge in [-0.15, -0.1) is 0 Å². The number of aromatic hydroxyl groups is 1. The molecule has 196 valence electrons. The number of rotatable bonds is 4. The summed E-state index contributed by atoms with van der Waals surface area (Å²) < 4.78 is 0. The maximum absolute atomic E-state index is 13.7. The number of aliphatic hydroxyl groups is 4. The van der Waals surface area contributed by atoms with Gasteiger partial charge in [-0.05, 0) is 36.0 Å². The van der Waals surface area contributed by atoms with Gasteiger partial charge in [0.05, 0.1) is 11.7 Å². The van der Waals surface area contributed by atoms with Crippen molar-refractivity contribution in [2.45, 2.75) is 63.1 Å². The van der Waals surface area contributed by atoms with Crippen LogP contribution in [-0.4, -0.2) is 60.5 Å². The van der Waals surface area contributed by atoms with Crippen molar-refractivity contribution < 1.29 is 44.7 Å². The lowest BCUT2D eigenvalue weighted by molar-refractivity contribution is -0.160. The number of Topliss-reactive ketones (excluding diaryl/α,β-unsaturated/α-hetero) is 3. The molecule has 37 heavy (non-hydrogen) atoms. The van der Waals surface area contributed by atoms with Gasteiger partial charge in [-0.3, -0.25) is 19.2 Å². The summed E-state index contributed by atoms with van der Waals surface area (Å²) >= 11 is 0. The van der Waals surface area contributed by atoms with Gasteiger partial charge >= 0.3 is 0 Å². The molecule has 5 atom stereocenters. The molecule has 1 amide bonds. The average Bonchev–Trinajstić information content (AvgIpc) is 3.38. The number of fused-ring (bicyclic) bond motifs is 3. The number of phenolic OH excluding ortho intramolecular Hbond substituents is 1. The number of hydrogen-bond acceptors (Lipinski definition) is 9. The second kappa shape index (κ2) is 8.53. The molecule has 10 heteroatoms. The molecule has 0 spiro atoms. The molecule has 2 unspecified atom stereocenters. The van der Waals surface area contributed by atoms with Crippen LogP contribution in [0.2, 0.25) is 0 Å². The van der Waals surface area contributed by atoms with E-state index in [1.54, 1.807) is 13.0 Å². The van der Waals surface area contributed by atoms with Crippen molar-refractivity contribution in [1.82, 2.24) is 0 Å². The van der Waals surface area contributed by atoms with Crippen LogP contribution in [0, 0.1) is 17.8 Å². The lowest BCUT2D eigenvalue weighted by atomic mass is 9.55. The first kappa shape index (κ1) is 25.2. The number of amides is 1. The van der Waals surface area contributed by atoms with E-state index in [0.29, 0.717) is 11.1 Å². The maximum atomic E-state index is 13.7. The van der Waals surface area contributed by atoms with E-state index in [1.165, 1.54) is 6.07 Å². The summed E-state index contributed by atoms with van der Waals surface area (Å²) in [5, 5.41) is 55.4. The van der Waals surface area contributed by atoms with Gasteiger partial charge in [0.15, 0.2) is 11.4 Å². The Bertz CT molecular complexity index is 1320. The monoisotopic (exact) mass is 511 g/mol. The molecule has 4 aliphatic rings. The number of benzene rings is 1. The molecular formula is C27H29NO9. The molecule has 0 aromatic heterocycles. The van der Waals surface area contributed by atoms with Crippen molar-refractivity contribution in [3.8, 4) is 5.75 Å². The maximum Gasteiger partial charge on any atom is 0.255 e. The predicted molar refractivity (Wildman–Crippen MR) is 128 cm³/mol. The smallest absolute Gasteiger partial charge is 0.255 e. The van der Waals surface area contributed by atoms with Crippen molar-refractivity contribution in [2.24, 2.45) is 23.5 Å². The fourth-order valence-electron chi connectivity index (χ4n) is 6.90. The number of carbonyl (C=O) groups is 4. The molecule has 7 N–H and O–H groups in total. The van der Waals surface area contributed by atoms with E-state index >= 15 is 0 Å². The summed E-state index contributed by atoms with van der Waals surface area (Å²) in [5.41, 5.74) is 1.79. The van der Waals surface area contributed by atoms with Gasteiger partial charge in [0.1, 0.15) is 28.6 Å². The SMILES string of the molecule is CC1c2c(CC(=O)C3CCCC3)ccc(O)c2C(O)=C2C(=O)[C@]3(O)C(O)=C(C(N)=O)C(=O)C[C@@H]3C(O)[C@@H]21. The number of phenols is 1. The first-order valence-electron chi connectivity index (χ1n) is 12.4. The molecule has 1 aromatic carbocycles. The Hall–Kier alpha value is -3.50. The molecule has 2 fully saturated rings. The molecular weight excluding hydrogens is 482 g/mol. The van der Waals surface area contributed by atoms with E-state index in [0.717, 1.165) is 25.7 Å². The van der Waals surface area contributed by atoms with Crippen LogP contribution in [0.1, 0.15) is 61.6 Å². The van der Waals surface area contributed by atoms with Crippen LogP contribution in [0.5, 0.6) is 5.75 Å². The zero-order valence-corrected chi connectivity index (χ0v) is 20.2. The summed E-state index contributed by atoms with van der Waals surface area (Å²) in [6.45, 7) is 1.66. The molecule has 5 rings (SSSR count). The highest BCUT2D eigenvalue weighted by molar-refractivity contribution is 6.23. The minimum absolute atomic E-state index is 0.0356. The second-order valence-corrected chi connectivity index (χ2v) is 10.6. The average molecular weight is 512 g/mol. The van der Waals surface area contributed by atoms with E-state index in [2.05, 4.69) is 0 Å². The lowest BCUT2D eigenvalue weighted by Crippen LogP contribution is -2.64. The Morgan fingerprint density at radius 2 is 1.76 bits per heavy atom. The standard InChI is InChI=1S/C27H29NO9/c1-10-17-12(8-15(30)11-4-2-3-5-11)6-7-14(29)19(17)23(33)21-18(10)22(32)13-9-16(31)20(26(28)36)24(34)27(13,37)25(21)35/h6-7,10-11,13,18,22,29,32-34,37H,2-5,8-9H2,1H3,(H2,28,36)/t10?,13-,18-,22?,27-/m1/s1. The van der Waals surface area contributed by atoms with Gasteiger partial charge < -0.3 is 31.3 Å². The number of ketones is 3. The quantitative estimate of drug-likeness (QED) is 0.322. The van der Waals surface area contributed by atoms with E-state index in [9.17, 15) is 44.7 Å². The number of hydrogen-bond donors (Lipinski definition) is 6. The first-order chi connectivity index (χ1) is 17.4. The summed E-state index contributed by atoms with van der Waals surface area (Å²) in [6.07, 6.45) is 1.37. The topological polar surface area (TPSA) is 195 Å². The third kappa shape index (κ3) is 3.39. The van der Waals surface area contributed by atoms with Crippen LogP contribution in [0.25, 0.3) is 5.76 Å². The van der Waals surface area contributed by atoms with E-state index in [4.69, 9.17) is 5.73 Å². The Kier molecular flexibility index (Phi) is 5.80. The number of nitrogens with two attached hydrogens (primary N) is 1. The van der Waals surface area contributed by atoms with Crippen molar-refractivity contribution in [3.05, 3.63) is 45.7 Å². The molecule has 0 radical (unpaired) electrons. The van der Waals surface area contributed by atoms with Crippen molar-refractivity contribution in [1.29, 1.82) is 0 Å². The zero-order chi connectivity index (χ0) is 27.0. The lowest BCUT2D eigenvalue weighted by Gasteiger charge is -2.50. The van der Waals surface area contributed by atoms with E-state index in [-0.39, 0.29) is 29.4 Å². The Morgan fingerprint density at radius 3 is 2.38 bits per heavy atom. The number of primary amides is 1. The highest BCUT2D eigenvalue weighted by Crippen LogP contribution is 2.56.